The Morgan fingerprint density at radius 2 is 2.03 bits per heavy atom. The number of carbonyl (C=O) groups is 1. The lowest BCUT2D eigenvalue weighted by molar-refractivity contribution is 0.0630. The number of anilines is 1. The number of aryl methyl sites for hydroxylation is 1. The lowest BCUT2D eigenvalue weighted by Gasteiger charge is -2.33. The van der Waals surface area contributed by atoms with E-state index in [0.717, 1.165) is 58.9 Å². The van der Waals surface area contributed by atoms with Crippen molar-refractivity contribution in [3.05, 3.63) is 36.3 Å². The number of amides is 1. The molecule has 0 radical (unpaired) electrons. The first kappa shape index (κ1) is 23.1. The molecule has 11 heteroatoms. The van der Waals surface area contributed by atoms with E-state index in [1.54, 1.807) is 18.3 Å². The molecule has 0 bridgehead atoms. The van der Waals surface area contributed by atoms with E-state index in [9.17, 15) is 4.79 Å². The van der Waals surface area contributed by atoms with Gasteiger partial charge in [-0.2, -0.15) is 0 Å². The second kappa shape index (κ2) is 9.88. The smallest absolute Gasteiger partial charge is 0.410 e. The summed E-state index contributed by atoms with van der Waals surface area (Å²) in [5.74, 6) is 0.717. The number of hydrogen-bond donors (Lipinski definition) is 2. The van der Waals surface area contributed by atoms with Gasteiger partial charge in [0.25, 0.3) is 0 Å². The van der Waals surface area contributed by atoms with Crippen molar-refractivity contribution in [3.63, 3.8) is 0 Å². The molecule has 1 amide bonds. The van der Waals surface area contributed by atoms with Gasteiger partial charge in [0, 0.05) is 59.3 Å². The number of imidazole rings is 1. The van der Waals surface area contributed by atoms with Gasteiger partial charge in [-0.3, -0.25) is 4.90 Å². The normalized spacial score (nSPS) is 14.7. The van der Waals surface area contributed by atoms with Gasteiger partial charge in [0.1, 0.15) is 17.8 Å². The first-order valence-corrected chi connectivity index (χ1v) is 11.7. The highest BCUT2D eigenvalue weighted by atomic mass is 16.6. The number of aromatic amines is 1. The molecule has 0 atom stereocenters. The van der Waals surface area contributed by atoms with Crippen LogP contribution in [0.4, 0.5) is 10.6 Å². The van der Waals surface area contributed by atoms with Crippen molar-refractivity contribution in [1.82, 2.24) is 34.3 Å². The fraction of sp³-hybridized carbons (Fsp3) is 0.417. The molecule has 0 spiro atoms. The molecule has 1 aliphatic rings. The second-order valence-corrected chi connectivity index (χ2v) is 8.60. The molecule has 0 unspecified atom stereocenters. The summed E-state index contributed by atoms with van der Waals surface area (Å²) in [6.45, 7) is 4.62. The number of fused-ring (bicyclic) bond motifs is 3. The van der Waals surface area contributed by atoms with Crippen LogP contribution in [0.25, 0.3) is 33.5 Å². The highest BCUT2D eigenvalue weighted by Crippen LogP contribution is 2.31. The number of rotatable bonds is 7. The van der Waals surface area contributed by atoms with Gasteiger partial charge in [-0.25, -0.2) is 19.7 Å². The molecule has 5 rings (SSSR count). The van der Waals surface area contributed by atoms with E-state index in [2.05, 4.69) is 25.2 Å². The topological polar surface area (TPSA) is 113 Å². The lowest BCUT2D eigenvalue weighted by atomic mass is 10.2. The van der Waals surface area contributed by atoms with E-state index in [-0.39, 0.29) is 12.7 Å². The third kappa shape index (κ3) is 4.64. The van der Waals surface area contributed by atoms with Crippen LogP contribution in [0.2, 0.25) is 0 Å². The Labute approximate surface area is 203 Å². The number of carbonyl (C=O) groups excluding carboxylic acids is 1. The summed E-state index contributed by atoms with van der Waals surface area (Å²) < 4.78 is 12.7. The minimum absolute atomic E-state index is 0.116. The number of nitrogens with zero attached hydrogens (tertiary/aromatic N) is 6. The Kier molecular flexibility index (Phi) is 6.51. The summed E-state index contributed by atoms with van der Waals surface area (Å²) in [6.07, 6.45) is 1.48. The van der Waals surface area contributed by atoms with Gasteiger partial charge in [0.2, 0.25) is 0 Å². The molecule has 4 aromatic rings. The van der Waals surface area contributed by atoms with E-state index in [1.165, 1.54) is 0 Å². The Morgan fingerprint density at radius 3 is 2.80 bits per heavy atom. The molecule has 5 heterocycles. The number of ether oxygens (including phenoxy) is 2. The van der Waals surface area contributed by atoms with Crippen molar-refractivity contribution in [2.45, 2.75) is 6.61 Å². The molecule has 4 aromatic heterocycles. The number of pyridine rings is 2. The molecule has 1 aliphatic heterocycles. The maximum Gasteiger partial charge on any atom is 0.410 e. The minimum atomic E-state index is -0.309. The number of hydrogen-bond acceptors (Lipinski definition) is 8. The first-order chi connectivity index (χ1) is 17.1. The first-order valence-electron chi connectivity index (χ1n) is 11.7. The summed E-state index contributed by atoms with van der Waals surface area (Å²) >= 11 is 0. The second-order valence-electron chi connectivity index (χ2n) is 8.60. The summed E-state index contributed by atoms with van der Waals surface area (Å²) in [7, 11) is 5.50. The maximum atomic E-state index is 12.6. The molecule has 1 fully saturated rings. The Balaban J connectivity index is 1.28. The third-order valence-electron chi connectivity index (χ3n) is 6.34. The minimum Gasteiger partial charge on any atom is -0.443 e. The van der Waals surface area contributed by atoms with E-state index >= 15 is 0 Å². The Hall–Kier alpha value is -3.70. The van der Waals surface area contributed by atoms with Crippen molar-refractivity contribution in [3.8, 4) is 11.4 Å². The van der Waals surface area contributed by atoms with Gasteiger partial charge in [-0.1, -0.05) is 6.07 Å². The van der Waals surface area contributed by atoms with E-state index in [4.69, 9.17) is 14.5 Å². The van der Waals surface area contributed by atoms with E-state index in [1.807, 2.05) is 42.9 Å². The van der Waals surface area contributed by atoms with Gasteiger partial charge in [0.05, 0.1) is 35.5 Å². The van der Waals surface area contributed by atoms with Gasteiger partial charge in [-0.15, -0.1) is 0 Å². The van der Waals surface area contributed by atoms with Crippen LogP contribution in [0.1, 0.15) is 5.69 Å². The predicted molar refractivity (Wildman–Crippen MR) is 133 cm³/mol. The molecule has 35 heavy (non-hydrogen) atoms. The van der Waals surface area contributed by atoms with Crippen LogP contribution < -0.4 is 5.32 Å². The molecule has 0 saturated carbocycles. The zero-order valence-corrected chi connectivity index (χ0v) is 20.2. The van der Waals surface area contributed by atoms with Crippen molar-refractivity contribution < 1.29 is 14.3 Å². The quantitative estimate of drug-likeness (QED) is 0.417. The number of methoxy groups -OCH3 is 1. The van der Waals surface area contributed by atoms with E-state index in [0.29, 0.717) is 25.4 Å². The Morgan fingerprint density at radius 1 is 1.20 bits per heavy atom. The van der Waals surface area contributed by atoms with Gasteiger partial charge in [-0.05, 0) is 18.2 Å². The summed E-state index contributed by atoms with van der Waals surface area (Å²) in [5.41, 5.74) is 4.84. The maximum absolute atomic E-state index is 12.6. The third-order valence-corrected chi connectivity index (χ3v) is 6.34. The zero-order valence-electron chi connectivity index (χ0n) is 20.2. The number of H-pyrrole nitrogens is 1. The monoisotopic (exact) mass is 478 g/mol. The van der Waals surface area contributed by atoms with Crippen molar-refractivity contribution in [2.24, 2.45) is 7.05 Å². The fourth-order valence-electron chi connectivity index (χ4n) is 4.42. The van der Waals surface area contributed by atoms with Gasteiger partial charge >= 0.3 is 6.09 Å². The van der Waals surface area contributed by atoms with Crippen molar-refractivity contribution >= 4 is 34.0 Å². The van der Waals surface area contributed by atoms with Gasteiger partial charge in [0.15, 0.2) is 5.82 Å². The van der Waals surface area contributed by atoms with Crippen LogP contribution in [0.5, 0.6) is 0 Å². The van der Waals surface area contributed by atoms with Crippen molar-refractivity contribution in [1.29, 1.82) is 0 Å². The molecule has 1 saturated heterocycles. The van der Waals surface area contributed by atoms with Crippen LogP contribution in [0.3, 0.4) is 0 Å². The Bertz CT molecular complexity index is 1340. The molecule has 0 aromatic carbocycles. The van der Waals surface area contributed by atoms with Crippen LogP contribution in [-0.4, -0.2) is 93.9 Å². The summed E-state index contributed by atoms with van der Waals surface area (Å²) in [4.78, 5) is 33.8. The molecular formula is C24H30N8O3. The highest BCUT2D eigenvalue weighted by molar-refractivity contribution is 6.07. The van der Waals surface area contributed by atoms with Gasteiger partial charge < -0.3 is 29.2 Å². The predicted octanol–water partition coefficient (Wildman–Crippen LogP) is 2.45. The molecular weight excluding hydrogens is 448 g/mol. The number of nitrogens with one attached hydrogen (secondary N) is 2. The summed E-state index contributed by atoms with van der Waals surface area (Å²) in [6, 6.07) is 7.73. The SMILES string of the molecule is CNc1nc2[nH]c(-c3cccc(COC(=O)N4CCN(CCOC)CC4)n3)cc2c2c1ncn2C. The molecule has 11 nitrogen and oxygen atoms in total. The molecule has 184 valence electrons. The zero-order chi connectivity index (χ0) is 24.4. The van der Waals surface area contributed by atoms with E-state index < -0.39 is 0 Å². The van der Waals surface area contributed by atoms with Crippen LogP contribution in [0.15, 0.2) is 30.6 Å². The largest absolute Gasteiger partial charge is 0.443 e. The summed E-state index contributed by atoms with van der Waals surface area (Å²) in [5, 5.41) is 4.09. The van der Waals surface area contributed by atoms with Crippen LogP contribution >= 0.6 is 0 Å². The molecule has 2 N–H and O–H groups in total. The van der Waals surface area contributed by atoms with Crippen molar-refractivity contribution in [2.75, 3.05) is 58.8 Å². The standard InChI is InChI=1S/C24H30N8O3/c1-25-23-20-21(30(2)15-26-20)17-13-19(28-22(17)29-23)18-6-4-5-16(27-18)14-35-24(33)32-9-7-31(8-10-32)11-12-34-3/h4-6,13,15H,7-12,14H2,1-3H3,(H2,25,28,29). The average molecular weight is 479 g/mol. The van der Waals surface area contributed by atoms with Crippen LogP contribution in [-0.2, 0) is 23.1 Å². The lowest BCUT2D eigenvalue weighted by Crippen LogP contribution is -2.49. The molecule has 0 aliphatic carbocycles. The van der Waals surface area contributed by atoms with Crippen LogP contribution in [0, 0.1) is 0 Å². The fourth-order valence-corrected chi connectivity index (χ4v) is 4.42. The average Bonchev–Trinajstić information content (AvgIpc) is 3.49. The highest BCUT2D eigenvalue weighted by Gasteiger charge is 2.22. The number of aromatic nitrogens is 5. The number of piperazine rings is 1.